The van der Waals surface area contributed by atoms with Crippen molar-refractivity contribution in [3.05, 3.63) is 71.3 Å². The van der Waals surface area contributed by atoms with Crippen LogP contribution in [0.4, 0.5) is 15.9 Å². The second kappa shape index (κ2) is 7.48. The first-order chi connectivity index (χ1) is 16.7. The first-order valence-corrected chi connectivity index (χ1v) is 11.6. The predicted octanol–water partition coefficient (Wildman–Crippen LogP) is 4.18. The maximum absolute atomic E-state index is 13.6. The van der Waals surface area contributed by atoms with Gasteiger partial charge < -0.3 is 20.1 Å². The molecule has 9 heteroatoms. The summed E-state index contributed by atoms with van der Waals surface area (Å²) in [5, 5.41) is 6.73. The molecule has 1 saturated heterocycles. The van der Waals surface area contributed by atoms with Crippen molar-refractivity contribution in [2.24, 2.45) is 5.92 Å². The van der Waals surface area contributed by atoms with Gasteiger partial charge in [-0.3, -0.25) is 4.40 Å². The van der Waals surface area contributed by atoms with E-state index in [0.29, 0.717) is 47.3 Å². The summed E-state index contributed by atoms with van der Waals surface area (Å²) in [5.74, 6) is 1.82. The Hall–Kier alpha value is -3.56. The number of hydrogen-bond donors (Lipinski definition) is 2. The molecule has 1 fully saturated rings. The Labute approximate surface area is 199 Å². The van der Waals surface area contributed by atoms with Gasteiger partial charge in [0.2, 0.25) is 5.88 Å². The van der Waals surface area contributed by atoms with E-state index >= 15 is 0 Å². The van der Waals surface area contributed by atoms with Crippen LogP contribution in [0.1, 0.15) is 22.6 Å². The summed E-state index contributed by atoms with van der Waals surface area (Å²) in [4.78, 5) is 9.79. The Morgan fingerprint density at radius 3 is 3.03 bits per heavy atom. The summed E-state index contributed by atoms with van der Waals surface area (Å²) < 4.78 is 27.1. The van der Waals surface area contributed by atoms with Gasteiger partial charge in [-0.2, -0.15) is 4.98 Å². The molecule has 170 valence electrons. The molecule has 2 atom stereocenters. The van der Waals surface area contributed by atoms with Crippen molar-refractivity contribution in [3.63, 3.8) is 0 Å². The molecule has 0 aliphatic carbocycles. The number of thiocarbonyl (C=S) groups is 1. The normalized spacial score (nSPS) is 20.4. The first kappa shape index (κ1) is 19.9. The molecule has 0 radical (unpaired) electrons. The van der Waals surface area contributed by atoms with Crippen LogP contribution in [-0.2, 0) is 11.3 Å². The minimum absolute atomic E-state index is 0.310. The SMILES string of the molecule is Fc1ccn2c(-c3ccc(Nc4ccc5c(n4)OC[C@@H]4COC[C@@H]54)c4c3CNC4=S)cnc2c1. The highest BCUT2D eigenvalue weighted by molar-refractivity contribution is 7.80. The van der Waals surface area contributed by atoms with E-state index in [1.807, 2.05) is 22.6 Å². The van der Waals surface area contributed by atoms with Gasteiger partial charge in [-0.1, -0.05) is 18.3 Å². The lowest BCUT2D eigenvalue weighted by Crippen LogP contribution is -2.25. The second-order valence-electron chi connectivity index (χ2n) is 8.84. The van der Waals surface area contributed by atoms with Gasteiger partial charge in [-0.15, -0.1) is 0 Å². The van der Waals surface area contributed by atoms with E-state index < -0.39 is 0 Å². The largest absolute Gasteiger partial charge is 0.477 e. The molecule has 3 aliphatic heterocycles. The zero-order chi connectivity index (χ0) is 22.8. The van der Waals surface area contributed by atoms with E-state index in [2.05, 4.69) is 21.7 Å². The van der Waals surface area contributed by atoms with Gasteiger partial charge >= 0.3 is 0 Å². The van der Waals surface area contributed by atoms with Crippen LogP contribution in [0.3, 0.4) is 0 Å². The van der Waals surface area contributed by atoms with Gasteiger partial charge in [0.25, 0.3) is 0 Å². The van der Waals surface area contributed by atoms with Crippen molar-refractivity contribution in [2.75, 3.05) is 25.1 Å². The fourth-order valence-corrected chi connectivity index (χ4v) is 5.50. The number of benzene rings is 1. The van der Waals surface area contributed by atoms with Crippen LogP contribution in [0.5, 0.6) is 5.88 Å². The fourth-order valence-electron chi connectivity index (χ4n) is 5.20. The number of pyridine rings is 2. The Kier molecular flexibility index (Phi) is 4.37. The zero-order valence-corrected chi connectivity index (χ0v) is 18.9. The fraction of sp³-hybridized carbons (Fsp3) is 0.240. The van der Waals surface area contributed by atoms with Crippen molar-refractivity contribution in [1.29, 1.82) is 0 Å². The Balaban J connectivity index is 1.27. The topological polar surface area (TPSA) is 72.7 Å². The monoisotopic (exact) mass is 473 g/mol. The molecule has 7 rings (SSSR count). The van der Waals surface area contributed by atoms with Crippen molar-refractivity contribution in [2.45, 2.75) is 12.5 Å². The predicted molar refractivity (Wildman–Crippen MR) is 129 cm³/mol. The number of ether oxygens (including phenoxy) is 2. The number of hydrogen-bond acceptors (Lipinski definition) is 6. The lowest BCUT2D eigenvalue weighted by atomic mass is 9.88. The molecular weight excluding hydrogens is 453 g/mol. The highest BCUT2D eigenvalue weighted by atomic mass is 32.1. The molecule has 1 aromatic carbocycles. The number of halogens is 1. The maximum atomic E-state index is 13.6. The van der Waals surface area contributed by atoms with Crippen LogP contribution in [0.15, 0.2) is 48.8 Å². The average Bonchev–Trinajstić information content (AvgIpc) is 3.58. The van der Waals surface area contributed by atoms with E-state index in [4.69, 9.17) is 26.7 Å². The molecule has 3 aliphatic rings. The van der Waals surface area contributed by atoms with Gasteiger partial charge in [0.1, 0.15) is 22.3 Å². The number of anilines is 2. The zero-order valence-electron chi connectivity index (χ0n) is 18.0. The quantitative estimate of drug-likeness (QED) is 0.433. The molecule has 2 N–H and O–H groups in total. The van der Waals surface area contributed by atoms with Crippen molar-refractivity contribution in [3.8, 4) is 17.1 Å². The molecule has 0 saturated carbocycles. The number of fused-ring (bicyclic) bond motifs is 5. The number of rotatable bonds is 3. The Morgan fingerprint density at radius 1 is 1.15 bits per heavy atom. The molecule has 4 aromatic rings. The van der Waals surface area contributed by atoms with Gasteiger partial charge in [0.05, 0.1) is 37.4 Å². The Bertz CT molecular complexity index is 1490. The lowest BCUT2D eigenvalue weighted by molar-refractivity contribution is 0.164. The number of imidazole rings is 1. The van der Waals surface area contributed by atoms with E-state index in [9.17, 15) is 4.39 Å². The standard InChI is InChI=1S/C25H20FN5O2S/c26-14-5-6-31-20(9-27-22(31)7-14)15-1-3-19(23-17(15)8-28-25(23)34)29-21-4-2-16-18-12-32-10-13(18)11-33-24(16)30-21/h1-7,9,13,18H,8,10-12H2,(H,28,34)(H,29,30)/t13-,18+/m0/s1. The van der Waals surface area contributed by atoms with E-state index in [0.717, 1.165) is 46.8 Å². The highest BCUT2D eigenvalue weighted by Crippen LogP contribution is 2.41. The molecule has 0 unspecified atom stereocenters. The summed E-state index contributed by atoms with van der Waals surface area (Å²) in [6.07, 6.45) is 3.46. The van der Waals surface area contributed by atoms with Crippen molar-refractivity contribution in [1.82, 2.24) is 19.7 Å². The summed E-state index contributed by atoms with van der Waals surface area (Å²) >= 11 is 5.65. The maximum Gasteiger partial charge on any atom is 0.218 e. The third-order valence-electron chi connectivity index (χ3n) is 6.90. The summed E-state index contributed by atoms with van der Waals surface area (Å²) in [6.45, 7) is 2.71. The van der Waals surface area contributed by atoms with E-state index in [-0.39, 0.29) is 5.82 Å². The summed E-state index contributed by atoms with van der Waals surface area (Å²) in [7, 11) is 0. The van der Waals surface area contributed by atoms with Crippen molar-refractivity contribution >= 4 is 34.4 Å². The molecule has 34 heavy (non-hydrogen) atoms. The van der Waals surface area contributed by atoms with E-state index in [1.54, 1.807) is 12.4 Å². The molecule has 0 bridgehead atoms. The molecule has 7 nitrogen and oxygen atoms in total. The van der Waals surface area contributed by atoms with Crippen LogP contribution < -0.4 is 15.4 Å². The van der Waals surface area contributed by atoms with Gasteiger partial charge in [0.15, 0.2) is 0 Å². The van der Waals surface area contributed by atoms with Crippen LogP contribution >= 0.6 is 12.2 Å². The third-order valence-corrected chi connectivity index (χ3v) is 7.25. The van der Waals surface area contributed by atoms with E-state index in [1.165, 1.54) is 12.1 Å². The van der Waals surface area contributed by atoms with Crippen LogP contribution in [0, 0.1) is 11.7 Å². The molecule has 0 spiro atoms. The average molecular weight is 474 g/mol. The molecule has 6 heterocycles. The molecular formula is C25H20FN5O2S. The highest BCUT2D eigenvalue weighted by Gasteiger charge is 2.36. The van der Waals surface area contributed by atoms with Crippen LogP contribution in [0.25, 0.3) is 16.9 Å². The van der Waals surface area contributed by atoms with Gasteiger partial charge in [0, 0.05) is 47.3 Å². The second-order valence-corrected chi connectivity index (χ2v) is 9.25. The number of nitrogens with zero attached hydrogens (tertiary/aromatic N) is 3. The summed E-state index contributed by atoms with van der Waals surface area (Å²) in [5.41, 5.74) is 6.45. The minimum Gasteiger partial charge on any atom is -0.477 e. The van der Waals surface area contributed by atoms with Crippen LogP contribution in [-0.4, -0.2) is 39.2 Å². The van der Waals surface area contributed by atoms with Gasteiger partial charge in [-0.05, 0) is 29.8 Å². The van der Waals surface area contributed by atoms with Crippen LogP contribution in [0.2, 0.25) is 0 Å². The number of nitrogens with one attached hydrogen (secondary N) is 2. The third kappa shape index (κ3) is 3.00. The van der Waals surface area contributed by atoms with Gasteiger partial charge in [-0.25, -0.2) is 9.37 Å². The minimum atomic E-state index is -0.310. The smallest absolute Gasteiger partial charge is 0.218 e. The molecule has 0 amide bonds. The summed E-state index contributed by atoms with van der Waals surface area (Å²) in [6, 6.07) is 11.0. The van der Waals surface area contributed by atoms with Crippen molar-refractivity contribution < 1.29 is 13.9 Å². The molecule has 3 aromatic heterocycles. The number of aromatic nitrogens is 3. The lowest BCUT2D eigenvalue weighted by Gasteiger charge is -2.26. The first-order valence-electron chi connectivity index (χ1n) is 11.2. The Morgan fingerprint density at radius 2 is 2.09 bits per heavy atom.